The van der Waals surface area contributed by atoms with E-state index in [9.17, 15) is 14.4 Å². The van der Waals surface area contributed by atoms with E-state index < -0.39 is 6.10 Å². The second-order valence-electron chi connectivity index (χ2n) is 19.5. The smallest absolute Gasteiger partial charge is 0.306 e. The molecular formula is C54H104O6. The van der Waals surface area contributed by atoms with Gasteiger partial charge >= 0.3 is 17.9 Å². The van der Waals surface area contributed by atoms with Crippen molar-refractivity contribution in [2.75, 3.05) is 13.2 Å². The van der Waals surface area contributed by atoms with Crippen molar-refractivity contribution in [2.24, 2.45) is 11.8 Å². The number of hydrogen-bond acceptors (Lipinski definition) is 6. The minimum Gasteiger partial charge on any atom is -0.462 e. The molecule has 0 heterocycles. The standard InChI is InChI=1S/C54H104O6/c1-6-7-8-9-10-11-12-13-14-15-16-17-21-24-29-34-39-44-52(55)58-47-51(48-59-53(56)45-40-35-31-26-28-33-38-43-50(4)5)60-54(57)46-41-36-30-25-22-19-18-20-23-27-32-37-42-49(2)3/h49-51H,6-48H2,1-5H3/t51-/m0/s1. The van der Waals surface area contributed by atoms with Crippen LogP contribution in [0.3, 0.4) is 0 Å². The van der Waals surface area contributed by atoms with Crippen LogP contribution in [0.25, 0.3) is 0 Å². The van der Waals surface area contributed by atoms with Gasteiger partial charge in [-0.1, -0.05) is 259 Å². The van der Waals surface area contributed by atoms with Crippen LogP contribution in [0.1, 0.15) is 298 Å². The van der Waals surface area contributed by atoms with Gasteiger partial charge < -0.3 is 14.2 Å². The van der Waals surface area contributed by atoms with E-state index in [1.807, 2.05) is 0 Å². The molecule has 0 aliphatic carbocycles. The van der Waals surface area contributed by atoms with Gasteiger partial charge in [-0.15, -0.1) is 0 Å². The van der Waals surface area contributed by atoms with E-state index in [0.717, 1.165) is 69.6 Å². The van der Waals surface area contributed by atoms with Gasteiger partial charge in [0.15, 0.2) is 6.10 Å². The molecule has 0 N–H and O–H groups in total. The quantitative estimate of drug-likeness (QED) is 0.0345. The lowest BCUT2D eigenvalue weighted by Gasteiger charge is -2.18. The maximum atomic E-state index is 12.8. The molecule has 1 atom stereocenters. The Balaban J connectivity index is 4.27. The van der Waals surface area contributed by atoms with E-state index in [1.54, 1.807) is 0 Å². The van der Waals surface area contributed by atoms with Crippen LogP contribution in [0.5, 0.6) is 0 Å². The minimum atomic E-state index is -0.762. The zero-order valence-corrected chi connectivity index (χ0v) is 41.1. The fourth-order valence-electron chi connectivity index (χ4n) is 8.17. The van der Waals surface area contributed by atoms with Gasteiger partial charge in [0.05, 0.1) is 0 Å². The third kappa shape index (κ3) is 47.5. The van der Waals surface area contributed by atoms with Gasteiger partial charge in [-0.05, 0) is 31.1 Å². The summed E-state index contributed by atoms with van der Waals surface area (Å²) in [5.74, 6) is 0.765. The highest BCUT2D eigenvalue weighted by Crippen LogP contribution is 2.17. The normalized spacial score (nSPS) is 12.1. The lowest BCUT2D eigenvalue weighted by molar-refractivity contribution is -0.167. The zero-order chi connectivity index (χ0) is 44.0. The Bertz CT molecular complexity index is 916. The van der Waals surface area contributed by atoms with E-state index >= 15 is 0 Å². The fourth-order valence-corrected chi connectivity index (χ4v) is 8.17. The molecule has 6 heteroatoms. The van der Waals surface area contributed by atoms with Crippen LogP contribution in [0.2, 0.25) is 0 Å². The topological polar surface area (TPSA) is 78.9 Å². The molecule has 0 aliphatic rings. The summed E-state index contributed by atoms with van der Waals surface area (Å²) in [5.41, 5.74) is 0. The van der Waals surface area contributed by atoms with Crippen LogP contribution in [0.4, 0.5) is 0 Å². The van der Waals surface area contributed by atoms with Crippen molar-refractivity contribution < 1.29 is 28.6 Å². The molecule has 0 unspecified atom stereocenters. The Morgan fingerprint density at radius 1 is 0.317 bits per heavy atom. The maximum Gasteiger partial charge on any atom is 0.306 e. The summed E-state index contributed by atoms with van der Waals surface area (Å²) in [7, 11) is 0. The highest BCUT2D eigenvalue weighted by Gasteiger charge is 2.19. The third-order valence-corrected chi connectivity index (χ3v) is 12.2. The molecule has 0 saturated carbocycles. The highest BCUT2D eigenvalue weighted by molar-refractivity contribution is 5.71. The molecular weight excluding hydrogens is 745 g/mol. The van der Waals surface area contributed by atoms with E-state index in [2.05, 4.69) is 34.6 Å². The molecule has 60 heavy (non-hydrogen) atoms. The van der Waals surface area contributed by atoms with Crippen LogP contribution in [0.15, 0.2) is 0 Å². The summed E-state index contributed by atoms with van der Waals surface area (Å²) >= 11 is 0. The molecule has 0 radical (unpaired) electrons. The third-order valence-electron chi connectivity index (χ3n) is 12.2. The molecule has 0 aromatic rings. The van der Waals surface area contributed by atoms with Crippen molar-refractivity contribution in [3.05, 3.63) is 0 Å². The largest absolute Gasteiger partial charge is 0.462 e. The van der Waals surface area contributed by atoms with E-state index in [1.165, 1.54) is 186 Å². The fraction of sp³-hybridized carbons (Fsp3) is 0.944. The number of esters is 3. The number of rotatable bonds is 48. The van der Waals surface area contributed by atoms with Crippen LogP contribution in [-0.2, 0) is 28.6 Å². The summed E-state index contributed by atoms with van der Waals surface area (Å²) in [6.45, 7) is 11.3. The van der Waals surface area contributed by atoms with Crippen molar-refractivity contribution in [3.63, 3.8) is 0 Å². The number of carbonyl (C=O) groups is 3. The molecule has 0 rings (SSSR count). The maximum absolute atomic E-state index is 12.8. The zero-order valence-electron chi connectivity index (χ0n) is 41.1. The van der Waals surface area contributed by atoms with Gasteiger partial charge in [-0.3, -0.25) is 14.4 Å². The molecule has 0 aromatic heterocycles. The Morgan fingerprint density at radius 3 is 0.817 bits per heavy atom. The van der Waals surface area contributed by atoms with Crippen molar-refractivity contribution in [1.82, 2.24) is 0 Å². The summed E-state index contributed by atoms with van der Waals surface area (Å²) < 4.78 is 16.8. The molecule has 6 nitrogen and oxygen atoms in total. The summed E-state index contributed by atoms with van der Waals surface area (Å²) in [6, 6.07) is 0. The molecule has 356 valence electrons. The van der Waals surface area contributed by atoms with Crippen molar-refractivity contribution >= 4 is 17.9 Å². The van der Waals surface area contributed by atoms with E-state index in [0.29, 0.717) is 19.3 Å². The van der Waals surface area contributed by atoms with Gasteiger partial charge in [0.25, 0.3) is 0 Å². The lowest BCUT2D eigenvalue weighted by Crippen LogP contribution is -2.30. The number of unbranched alkanes of at least 4 members (excludes halogenated alkanes) is 33. The minimum absolute atomic E-state index is 0.0639. The second kappa shape index (κ2) is 46.9. The molecule has 0 fully saturated rings. The average molecular weight is 849 g/mol. The highest BCUT2D eigenvalue weighted by atomic mass is 16.6. The molecule has 0 aromatic carbocycles. The van der Waals surface area contributed by atoms with Gasteiger partial charge in [0.2, 0.25) is 0 Å². The second-order valence-corrected chi connectivity index (χ2v) is 19.5. The Morgan fingerprint density at radius 2 is 0.550 bits per heavy atom. The lowest BCUT2D eigenvalue weighted by atomic mass is 10.0. The number of carbonyl (C=O) groups excluding carboxylic acids is 3. The first-order valence-corrected chi connectivity index (χ1v) is 26.7. The summed E-state index contributed by atoms with van der Waals surface area (Å²) in [4.78, 5) is 37.9. The molecule has 0 saturated heterocycles. The predicted molar refractivity (Wildman–Crippen MR) is 256 cm³/mol. The molecule has 0 bridgehead atoms. The predicted octanol–water partition coefficient (Wildman–Crippen LogP) is 17.3. The first-order chi connectivity index (χ1) is 29.2. The number of ether oxygens (including phenoxy) is 3. The Kier molecular flexibility index (Phi) is 45.7. The molecule has 0 amide bonds. The SMILES string of the molecule is CCCCCCCCCCCCCCCCCCCC(=O)OC[C@@H](COC(=O)CCCCCCCCCC(C)C)OC(=O)CCCCCCCCCCCCCCC(C)C. The monoisotopic (exact) mass is 849 g/mol. The summed E-state index contributed by atoms with van der Waals surface area (Å²) in [5, 5.41) is 0. The van der Waals surface area contributed by atoms with Gasteiger partial charge in [-0.2, -0.15) is 0 Å². The van der Waals surface area contributed by atoms with Crippen LogP contribution in [-0.4, -0.2) is 37.2 Å². The Labute approximate surface area is 374 Å². The van der Waals surface area contributed by atoms with Crippen LogP contribution in [0, 0.1) is 11.8 Å². The van der Waals surface area contributed by atoms with E-state index in [-0.39, 0.29) is 31.1 Å². The van der Waals surface area contributed by atoms with Crippen molar-refractivity contribution in [3.8, 4) is 0 Å². The first kappa shape index (κ1) is 58.4. The first-order valence-electron chi connectivity index (χ1n) is 26.7. The number of hydrogen-bond donors (Lipinski definition) is 0. The Hall–Kier alpha value is -1.59. The van der Waals surface area contributed by atoms with Crippen molar-refractivity contribution in [2.45, 2.75) is 304 Å². The average Bonchev–Trinajstić information content (AvgIpc) is 3.22. The van der Waals surface area contributed by atoms with Crippen LogP contribution >= 0.6 is 0 Å². The van der Waals surface area contributed by atoms with Gasteiger partial charge in [0.1, 0.15) is 13.2 Å². The van der Waals surface area contributed by atoms with Crippen molar-refractivity contribution in [1.29, 1.82) is 0 Å². The van der Waals surface area contributed by atoms with Gasteiger partial charge in [-0.25, -0.2) is 0 Å². The van der Waals surface area contributed by atoms with Crippen LogP contribution < -0.4 is 0 Å². The molecule has 0 aliphatic heterocycles. The van der Waals surface area contributed by atoms with E-state index in [4.69, 9.17) is 14.2 Å². The van der Waals surface area contributed by atoms with Gasteiger partial charge in [0, 0.05) is 19.3 Å². The molecule has 0 spiro atoms. The summed E-state index contributed by atoms with van der Waals surface area (Å²) in [6.07, 6.45) is 48.1.